The number of rotatable bonds is 5. The molecule has 2 rings (SSSR count). The lowest BCUT2D eigenvalue weighted by molar-refractivity contribution is -0.146. The van der Waals surface area contributed by atoms with E-state index in [4.69, 9.17) is 14.6 Å². The Kier molecular flexibility index (Phi) is 4.23. The summed E-state index contributed by atoms with van der Waals surface area (Å²) in [6.07, 6.45) is -1.65. The molecule has 6 nitrogen and oxygen atoms in total. The minimum absolute atomic E-state index is 0.0167. The molecule has 0 aliphatic rings. The van der Waals surface area contributed by atoms with Gasteiger partial charge in [-0.2, -0.15) is 0 Å². The number of carbonyl (C=O) groups excluding carboxylic acids is 1. The number of furan rings is 1. The fraction of sp³-hybridized carbons (Fsp3) is 0.286. The summed E-state index contributed by atoms with van der Waals surface area (Å²) in [4.78, 5) is 22.4. The van der Waals surface area contributed by atoms with E-state index in [9.17, 15) is 14.0 Å². The van der Waals surface area contributed by atoms with Gasteiger partial charge in [-0.3, -0.25) is 4.79 Å². The van der Waals surface area contributed by atoms with Gasteiger partial charge in [-0.25, -0.2) is 9.18 Å². The number of carbonyl (C=O) groups is 2. The zero-order chi connectivity index (χ0) is 15.6. The van der Waals surface area contributed by atoms with Crippen LogP contribution in [-0.4, -0.2) is 34.7 Å². The van der Waals surface area contributed by atoms with Crippen molar-refractivity contribution < 1.29 is 28.6 Å². The van der Waals surface area contributed by atoms with Crippen LogP contribution < -0.4 is 5.32 Å². The van der Waals surface area contributed by atoms with Gasteiger partial charge in [0.05, 0.1) is 0 Å². The molecule has 1 heterocycles. The molecule has 3 N–H and O–H groups in total. The van der Waals surface area contributed by atoms with Gasteiger partial charge in [0.1, 0.15) is 11.4 Å². The van der Waals surface area contributed by atoms with E-state index >= 15 is 0 Å². The minimum Gasteiger partial charge on any atom is -0.479 e. The maximum atomic E-state index is 13.2. The molecule has 0 aliphatic carbocycles. The van der Waals surface area contributed by atoms with Gasteiger partial charge in [0.15, 0.2) is 11.9 Å². The van der Waals surface area contributed by atoms with E-state index in [0.717, 1.165) is 0 Å². The van der Waals surface area contributed by atoms with Gasteiger partial charge in [-0.15, -0.1) is 0 Å². The fourth-order valence-electron chi connectivity index (χ4n) is 1.94. The Morgan fingerprint density at radius 2 is 2.14 bits per heavy atom. The zero-order valence-electron chi connectivity index (χ0n) is 11.2. The highest BCUT2D eigenvalue weighted by Gasteiger charge is 2.19. The maximum absolute atomic E-state index is 13.2. The maximum Gasteiger partial charge on any atom is 0.332 e. The van der Waals surface area contributed by atoms with Gasteiger partial charge in [0.25, 0.3) is 5.91 Å². The van der Waals surface area contributed by atoms with Gasteiger partial charge in [0, 0.05) is 23.9 Å². The molecule has 112 valence electrons. The molecular formula is C14H14FNO5. The molecule has 0 saturated heterocycles. The second-order valence-electron chi connectivity index (χ2n) is 4.60. The fourth-order valence-corrected chi connectivity index (χ4v) is 1.94. The van der Waals surface area contributed by atoms with Crippen molar-refractivity contribution in [2.75, 3.05) is 6.54 Å². The van der Waals surface area contributed by atoms with E-state index in [1.807, 2.05) is 0 Å². The van der Waals surface area contributed by atoms with Gasteiger partial charge in [-0.1, -0.05) is 0 Å². The topological polar surface area (TPSA) is 99.8 Å². The van der Waals surface area contributed by atoms with Crippen LogP contribution in [0.4, 0.5) is 4.39 Å². The quantitative estimate of drug-likeness (QED) is 0.775. The monoisotopic (exact) mass is 295 g/mol. The Labute approximate surface area is 119 Å². The van der Waals surface area contributed by atoms with Crippen LogP contribution in [0.3, 0.4) is 0 Å². The van der Waals surface area contributed by atoms with Crippen molar-refractivity contribution >= 4 is 22.8 Å². The molecule has 1 aromatic heterocycles. The first-order valence-corrected chi connectivity index (χ1v) is 6.28. The van der Waals surface area contributed by atoms with Crippen molar-refractivity contribution in [1.82, 2.24) is 5.32 Å². The van der Waals surface area contributed by atoms with Crippen LogP contribution in [0.25, 0.3) is 11.0 Å². The van der Waals surface area contributed by atoms with E-state index < -0.39 is 23.8 Å². The summed E-state index contributed by atoms with van der Waals surface area (Å²) in [6, 6.07) is 3.94. The molecule has 1 atom stereocenters. The van der Waals surface area contributed by atoms with Gasteiger partial charge in [-0.05, 0) is 25.1 Å². The van der Waals surface area contributed by atoms with E-state index in [2.05, 4.69) is 5.32 Å². The average molecular weight is 295 g/mol. The molecule has 0 unspecified atom stereocenters. The summed E-state index contributed by atoms with van der Waals surface area (Å²) in [5.74, 6) is -2.27. The molecule has 1 aromatic carbocycles. The summed E-state index contributed by atoms with van der Waals surface area (Å²) in [5, 5.41) is 20.6. The molecule has 21 heavy (non-hydrogen) atoms. The Hall–Kier alpha value is -2.41. The SMILES string of the molecule is Cc1c(C(=O)NCC[C@H](O)C(=O)O)oc2ccc(F)cc12. The predicted octanol–water partition coefficient (Wildman–Crippen LogP) is 1.45. The second-order valence-corrected chi connectivity index (χ2v) is 4.60. The first-order valence-electron chi connectivity index (χ1n) is 6.28. The van der Waals surface area contributed by atoms with Crippen LogP contribution in [0.1, 0.15) is 22.5 Å². The number of halogens is 1. The van der Waals surface area contributed by atoms with Gasteiger partial charge < -0.3 is 19.9 Å². The summed E-state index contributed by atoms with van der Waals surface area (Å²) < 4.78 is 18.5. The molecule has 2 aromatic rings. The number of aryl methyl sites for hydroxylation is 1. The molecule has 0 saturated carbocycles. The third-order valence-electron chi connectivity index (χ3n) is 3.09. The van der Waals surface area contributed by atoms with Crippen molar-refractivity contribution in [1.29, 1.82) is 0 Å². The lowest BCUT2D eigenvalue weighted by atomic mass is 10.1. The lowest BCUT2D eigenvalue weighted by Gasteiger charge is -2.06. The van der Waals surface area contributed by atoms with Crippen molar-refractivity contribution in [2.24, 2.45) is 0 Å². The Bertz CT molecular complexity index is 694. The third-order valence-corrected chi connectivity index (χ3v) is 3.09. The zero-order valence-corrected chi connectivity index (χ0v) is 11.2. The van der Waals surface area contributed by atoms with E-state index in [1.165, 1.54) is 18.2 Å². The highest BCUT2D eigenvalue weighted by molar-refractivity contribution is 5.98. The average Bonchev–Trinajstić information content (AvgIpc) is 2.75. The second kappa shape index (κ2) is 5.92. The number of hydrogen-bond acceptors (Lipinski definition) is 4. The van der Waals surface area contributed by atoms with Crippen molar-refractivity contribution in [3.8, 4) is 0 Å². The Balaban J connectivity index is 2.09. The van der Waals surface area contributed by atoms with Crippen molar-refractivity contribution in [2.45, 2.75) is 19.4 Å². The summed E-state index contributed by atoms with van der Waals surface area (Å²) >= 11 is 0. The lowest BCUT2D eigenvalue weighted by Crippen LogP contribution is -2.30. The first-order chi connectivity index (χ1) is 9.90. The number of aliphatic carboxylic acids is 1. The van der Waals surface area contributed by atoms with Crippen LogP contribution in [-0.2, 0) is 4.79 Å². The molecule has 0 bridgehead atoms. The number of hydrogen-bond donors (Lipinski definition) is 3. The van der Waals surface area contributed by atoms with E-state index in [0.29, 0.717) is 16.5 Å². The number of carboxylic acid groups (broad SMARTS) is 1. The Morgan fingerprint density at radius 3 is 2.81 bits per heavy atom. The minimum atomic E-state index is -1.53. The third kappa shape index (κ3) is 3.19. The number of amides is 1. The largest absolute Gasteiger partial charge is 0.479 e. The molecule has 7 heteroatoms. The van der Waals surface area contributed by atoms with Crippen molar-refractivity contribution in [3.63, 3.8) is 0 Å². The number of aliphatic hydroxyl groups is 1. The normalized spacial score (nSPS) is 12.3. The van der Waals surface area contributed by atoms with Gasteiger partial charge in [0.2, 0.25) is 0 Å². The number of fused-ring (bicyclic) bond motifs is 1. The molecule has 1 amide bonds. The van der Waals surface area contributed by atoms with E-state index in [-0.39, 0.29) is 18.7 Å². The number of carboxylic acids is 1. The number of aliphatic hydroxyl groups excluding tert-OH is 1. The molecule has 0 spiro atoms. The van der Waals surface area contributed by atoms with Crippen LogP contribution in [0.2, 0.25) is 0 Å². The van der Waals surface area contributed by atoms with Crippen LogP contribution >= 0.6 is 0 Å². The van der Waals surface area contributed by atoms with Crippen LogP contribution in [0, 0.1) is 12.7 Å². The smallest absolute Gasteiger partial charge is 0.332 e. The molecular weight excluding hydrogens is 281 g/mol. The number of benzene rings is 1. The molecule has 0 aliphatic heterocycles. The highest BCUT2D eigenvalue weighted by atomic mass is 19.1. The summed E-state index contributed by atoms with van der Waals surface area (Å²) in [6.45, 7) is 1.61. The van der Waals surface area contributed by atoms with Crippen LogP contribution in [0.5, 0.6) is 0 Å². The predicted molar refractivity (Wildman–Crippen MR) is 71.5 cm³/mol. The standard InChI is InChI=1S/C14H14FNO5/c1-7-9-6-8(15)2-3-11(9)21-12(7)13(18)16-5-4-10(17)14(19)20/h2-3,6,10,17H,4-5H2,1H3,(H,16,18)(H,19,20)/t10-/m0/s1. The van der Waals surface area contributed by atoms with Crippen molar-refractivity contribution in [3.05, 3.63) is 35.3 Å². The molecule has 0 radical (unpaired) electrons. The summed E-state index contributed by atoms with van der Waals surface area (Å²) in [5.41, 5.74) is 0.894. The van der Waals surface area contributed by atoms with Crippen LogP contribution in [0.15, 0.2) is 22.6 Å². The van der Waals surface area contributed by atoms with E-state index in [1.54, 1.807) is 6.92 Å². The van der Waals surface area contributed by atoms with Gasteiger partial charge >= 0.3 is 5.97 Å². The number of nitrogens with one attached hydrogen (secondary N) is 1. The highest BCUT2D eigenvalue weighted by Crippen LogP contribution is 2.25. The molecule has 0 fully saturated rings. The Morgan fingerprint density at radius 1 is 1.43 bits per heavy atom. The first kappa shape index (κ1) is 15.0. The summed E-state index contributed by atoms with van der Waals surface area (Å²) in [7, 11) is 0.